The summed E-state index contributed by atoms with van der Waals surface area (Å²) in [5.41, 5.74) is 4.81. The van der Waals surface area contributed by atoms with Crippen LogP contribution < -0.4 is 11.1 Å². The van der Waals surface area contributed by atoms with Crippen LogP contribution in [0.15, 0.2) is 18.2 Å². The molecular formula is C13H17N3O5. The summed E-state index contributed by atoms with van der Waals surface area (Å²) in [5.74, 6) is -2.20. The molecule has 0 radical (unpaired) electrons. The molecule has 1 rings (SSSR count). The molecule has 1 amide bonds. The Bertz CT molecular complexity index is 573. The molecule has 114 valence electrons. The van der Waals surface area contributed by atoms with Gasteiger partial charge in [-0.2, -0.15) is 0 Å². The summed E-state index contributed by atoms with van der Waals surface area (Å²) in [6, 6.07) is 2.73. The largest absolute Gasteiger partial charge is 0.480 e. The lowest BCUT2D eigenvalue weighted by atomic mass is 9.98. The Morgan fingerprint density at radius 2 is 2.10 bits per heavy atom. The van der Waals surface area contributed by atoms with E-state index in [0.717, 1.165) is 0 Å². The minimum atomic E-state index is -1.17. The van der Waals surface area contributed by atoms with Crippen LogP contribution in [0.2, 0.25) is 0 Å². The number of carbonyl (C=O) groups is 2. The number of amides is 1. The second-order valence-corrected chi connectivity index (χ2v) is 4.67. The quantitative estimate of drug-likeness (QED) is 0.412. The molecule has 1 aromatic rings. The van der Waals surface area contributed by atoms with Gasteiger partial charge in [0.25, 0.3) is 11.6 Å². The van der Waals surface area contributed by atoms with Crippen LogP contribution in [0.4, 0.5) is 11.4 Å². The third kappa shape index (κ3) is 3.68. The molecule has 0 aliphatic carbocycles. The smallest absolute Gasteiger partial charge is 0.326 e. The zero-order valence-corrected chi connectivity index (χ0v) is 11.7. The Hall–Kier alpha value is -2.64. The molecule has 21 heavy (non-hydrogen) atoms. The van der Waals surface area contributed by atoms with Gasteiger partial charge in [-0.15, -0.1) is 0 Å². The van der Waals surface area contributed by atoms with E-state index < -0.39 is 28.5 Å². The van der Waals surface area contributed by atoms with Gasteiger partial charge in [-0.1, -0.05) is 26.3 Å². The molecule has 4 N–H and O–H groups in total. The van der Waals surface area contributed by atoms with E-state index in [9.17, 15) is 19.7 Å². The molecule has 0 spiro atoms. The first-order valence-corrected chi connectivity index (χ1v) is 6.36. The van der Waals surface area contributed by atoms with E-state index in [-0.39, 0.29) is 17.2 Å². The van der Waals surface area contributed by atoms with Gasteiger partial charge in [0, 0.05) is 6.07 Å². The van der Waals surface area contributed by atoms with E-state index in [1.165, 1.54) is 18.2 Å². The van der Waals surface area contributed by atoms with Crippen molar-refractivity contribution in [1.82, 2.24) is 5.32 Å². The second-order valence-electron chi connectivity index (χ2n) is 4.67. The molecule has 0 aliphatic rings. The number of nitrogens with one attached hydrogen (secondary N) is 1. The fraction of sp³-hybridized carbons (Fsp3) is 0.385. The number of nitro benzene ring substituents is 1. The Balaban J connectivity index is 3.06. The third-order valence-corrected chi connectivity index (χ3v) is 3.29. The van der Waals surface area contributed by atoms with Gasteiger partial charge in [-0.25, -0.2) is 4.79 Å². The summed E-state index contributed by atoms with van der Waals surface area (Å²) >= 11 is 0. The monoisotopic (exact) mass is 295 g/mol. The lowest BCUT2D eigenvalue weighted by Crippen LogP contribution is -2.45. The van der Waals surface area contributed by atoms with Crippen molar-refractivity contribution >= 4 is 23.3 Å². The lowest BCUT2D eigenvalue weighted by molar-refractivity contribution is -0.383. The molecule has 2 atom stereocenters. The van der Waals surface area contributed by atoms with Gasteiger partial charge in [-0.05, 0) is 12.0 Å². The highest BCUT2D eigenvalue weighted by Gasteiger charge is 2.27. The van der Waals surface area contributed by atoms with Crippen LogP contribution in [0.1, 0.15) is 30.6 Å². The number of hydrogen-bond acceptors (Lipinski definition) is 5. The number of carbonyl (C=O) groups excluding carboxylic acids is 1. The molecule has 8 nitrogen and oxygen atoms in total. The molecule has 1 aromatic carbocycles. The number of aliphatic carboxylic acids is 1. The standard InChI is InChI=1S/C13H17N3O5/c1-3-7(2)11(13(18)19)15-12(17)8-5-4-6-9(10(8)14)16(20)21/h4-7,11H,3,14H2,1-2H3,(H,15,17)(H,18,19). The van der Waals surface area contributed by atoms with E-state index >= 15 is 0 Å². The van der Waals surface area contributed by atoms with Gasteiger partial charge in [-0.3, -0.25) is 14.9 Å². The topological polar surface area (TPSA) is 136 Å². The van der Waals surface area contributed by atoms with Crippen LogP contribution in [-0.4, -0.2) is 27.9 Å². The molecule has 0 heterocycles. The number of hydrogen-bond donors (Lipinski definition) is 3. The summed E-state index contributed by atoms with van der Waals surface area (Å²) < 4.78 is 0. The Morgan fingerprint density at radius 1 is 1.48 bits per heavy atom. The number of para-hydroxylation sites is 1. The second kappa shape index (κ2) is 6.69. The predicted molar refractivity (Wildman–Crippen MR) is 75.9 cm³/mol. The van der Waals surface area contributed by atoms with Gasteiger partial charge in [0.15, 0.2) is 0 Å². The molecule has 0 fully saturated rings. The van der Waals surface area contributed by atoms with Crippen LogP contribution in [0.25, 0.3) is 0 Å². The number of benzene rings is 1. The fourth-order valence-corrected chi connectivity index (χ4v) is 1.81. The maximum absolute atomic E-state index is 12.1. The molecule has 0 aliphatic heterocycles. The van der Waals surface area contributed by atoms with Crippen molar-refractivity contribution in [1.29, 1.82) is 0 Å². The summed E-state index contributed by atoms with van der Waals surface area (Å²) in [7, 11) is 0. The highest BCUT2D eigenvalue weighted by molar-refractivity contribution is 6.02. The normalized spacial score (nSPS) is 13.2. The molecule has 8 heteroatoms. The molecule has 2 unspecified atom stereocenters. The van der Waals surface area contributed by atoms with Gasteiger partial charge in [0.05, 0.1) is 10.5 Å². The van der Waals surface area contributed by atoms with Crippen LogP contribution >= 0.6 is 0 Å². The summed E-state index contributed by atoms with van der Waals surface area (Å²) in [5, 5.41) is 22.3. The van der Waals surface area contributed by atoms with E-state index in [2.05, 4.69) is 5.32 Å². The molecule has 0 aromatic heterocycles. The highest BCUT2D eigenvalue weighted by Crippen LogP contribution is 2.25. The Morgan fingerprint density at radius 3 is 2.57 bits per heavy atom. The summed E-state index contributed by atoms with van der Waals surface area (Å²) in [6.45, 7) is 3.49. The maximum atomic E-state index is 12.1. The van der Waals surface area contributed by atoms with E-state index in [0.29, 0.717) is 6.42 Å². The van der Waals surface area contributed by atoms with Crippen molar-refractivity contribution in [2.75, 3.05) is 5.73 Å². The Labute approximate surface area is 121 Å². The van der Waals surface area contributed by atoms with Crippen molar-refractivity contribution in [2.24, 2.45) is 5.92 Å². The minimum Gasteiger partial charge on any atom is -0.480 e. The summed E-state index contributed by atoms with van der Waals surface area (Å²) in [6.07, 6.45) is 0.557. The van der Waals surface area contributed by atoms with Gasteiger partial charge < -0.3 is 16.2 Å². The molecule has 0 saturated carbocycles. The van der Waals surface area contributed by atoms with Crippen molar-refractivity contribution in [3.8, 4) is 0 Å². The molecule has 0 saturated heterocycles. The number of carboxylic acids is 1. The minimum absolute atomic E-state index is 0.112. The average Bonchev–Trinajstić information content (AvgIpc) is 2.43. The van der Waals surface area contributed by atoms with Crippen LogP contribution in [-0.2, 0) is 4.79 Å². The lowest BCUT2D eigenvalue weighted by Gasteiger charge is -2.20. The first kappa shape index (κ1) is 16.4. The summed E-state index contributed by atoms with van der Waals surface area (Å²) in [4.78, 5) is 33.4. The maximum Gasteiger partial charge on any atom is 0.326 e. The van der Waals surface area contributed by atoms with E-state index in [4.69, 9.17) is 10.8 Å². The Kier molecular flexibility index (Phi) is 5.23. The van der Waals surface area contributed by atoms with Gasteiger partial charge in [0.2, 0.25) is 0 Å². The van der Waals surface area contributed by atoms with Crippen molar-refractivity contribution in [2.45, 2.75) is 26.3 Å². The number of nitrogen functional groups attached to an aromatic ring is 1. The number of nitrogens with zero attached hydrogens (tertiary/aromatic N) is 1. The van der Waals surface area contributed by atoms with Crippen molar-refractivity contribution in [3.63, 3.8) is 0 Å². The highest BCUT2D eigenvalue weighted by atomic mass is 16.6. The zero-order chi connectivity index (χ0) is 16.2. The van der Waals surface area contributed by atoms with Crippen molar-refractivity contribution < 1.29 is 19.6 Å². The third-order valence-electron chi connectivity index (χ3n) is 3.29. The van der Waals surface area contributed by atoms with Crippen LogP contribution in [0, 0.1) is 16.0 Å². The average molecular weight is 295 g/mol. The van der Waals surface area contributed by atoms with Crippen LogP contribution in [0.5, 0.6) is 0 Å². The van der Waals surface area contributed by atoms with Gasteiger partial charge in [0.1, 0.15) is 11.7 Å². The predicted octanol–water partition coefficient (Wildman–Crippen LogP) is 1.41. The number of carboxylic acid groups (broad SMARTS) is 1. The number of nitro groups is 1. The van der Waals surface area contributed by atoms with E-state index in [1.54, 1.807) is 13.8 Å². The SMILES string of the molecule is CCC(C)C(NC(=O)c1cccc([N+](=O)[O-])c1N)C(=O)O. The molecule has 0 bridgehead atoms. The van der Waals surface area contributed by atoms with Crippen molar-refractivity contribution in [3.05, 3.63) is 33.9 Å². The first-order chi connectivity index (χ1) is 9.79. The van der Waals surface area contributed by atoms with Gasteiger partial charge >= 0.3 is 5.97 Å². The number of nitrogens with two attached hydrogens (primary N) is 1. The first-order valence-electron chi connectivity index (χ1n) is 6.36. The fourth-order valence-electron chi connectivity index (χ4n) is 1.81. The zero-order valence-electron chi connectivity index (χ0n) is 11.7. The molecular weight excluding hydrogens is 278 g/mol. The van der Waals surface area contributed by atoms with E-state index in [1.807, 2.05) is 0 Å². The number of anilines is 1. The number of rotatable bonds is 6. The van der Waals surface area contributed by atoms with Crippen LogP contribution in [0.3, 0.4) is 0 Å².